The molecule has 0 aliphatic carbocycles. The standard InChI is InChI=1S/C21H34N6O/c1-5-9-18(12-13-28)14-22-21(23-15-20-26-25-17(3)27(20)4)24-16(2)19-10-7-6-8-11-19/h6-8,10-11,16,18,28H,5,9,12-15H2,1-4H3,(H2,22,23,24). The lowest BCUT2D eigenvalue weighted by atomic mass is 10.0. The second-order valence-corrected chi connectivity index (χ2v) is 7.21. The van der Waals surface area contributed by atoms with Gasteiger partial charge >= 0.3 is 0 Å². The molecular weight excluding hydrogens is 352 g/mol. The minimum Gasteiger partial charge on any atom is -0.396 e. The number of benzene rings is 1. The van der Waals surface area contributed by atoms with Crippen LogP contribution in [0.15, 0.2) is 35.3 Å². The zero-order valence-electron chi connectivity index (χ0n) is 17.5. The van der Waals surface area contributed by atoms with Crippen molar-refractivity contribution < 1.29 is 5.11 Å². The average Bonchev–Trinajstić information content (AvgIpc) is 3.02. The van der Waals surface area contributed by atoms with Crippen LogP contribution in [0.3, 0.4) is 0 Å². The summed E-state index contributed by atoms with van der Waals surface area (Å²) >= 11 is 0. The van der Waals surface area contributed by atoms with Crippen LogP contribution in [-0.4, -0.2) is 39.0 Å². The minimum absolute atomic E-state index is 0.121. The molecule has 2 aromatic rings. The van der Waals surface area contributed by atoms with Gasteiger partial charge in [0.15, 0.2) is 11.8 Å². The van der Waals surface area contributed by atoms with E-state index < -0.39 is 0 Å². The van der Waals surface area contributed by atoms with Crippen LogP contribution in [0, 0.1) is 12.8 Å². The predicted molar refractivity (Wildman–Crippen MR) is 113 cm³/mol. The van der Waals surface area contributed by atoms with E-state index in [9.17, 15) is 5.11 Å². The Morgan fingerprint density at radius 3 is 2.57 bits per heavy atom. The monoisotopic (exact) mass is 386 g/mol. The molecule has 7 heteroatoms. The highest BCUT2D eigenvalue weighted by atomic mass is 16.3. The molecule has 0 radical (unpaired) electrons. The predicted octanol–water partition coefficient (Wildman–Crippen LogP) is 2.72. The molecule has 0 aliphatic rings. The zero-order valence-corrected chi connectivity index (χ0v) is 17.5. The molecule has 0 saturated carbocycles. The first-order valence-corrected chi connectivity index (χ1v) is 10.1. The van der Waals surface area contributed by atoms with Gasteiger partial charge in [0, 0.05) is 20.2 Å². The zero-order chi connectivity index (χ0) is 20.4. The van der Waals surface area contributed by atoms with E-state index in [2.05, 4.69) is 46.8 Å². The van der Waals surface area contributed by atoms with E-state index in [1.807, 2.05) is 36.7 Å². The second-order valence-electron chi connectivity index (χ2n) is 7.21. The van der Waals surface area contributed by atoms with Gasteiger partial charge in [-0.3, -0.25) is 0 Å². The number of aliphatic hydroxyl groups is 1. The second kappa shape index (κ2) is 11.4. The quantitative estimate of drug-likeness (QED) is 0.432. The molecule has 1 aromatic carbocycles. The van der Waals surface area contributed by atoms with Crippen LogP contribution in [0.1, 0.15) is 56.4 Å². The molecule has 1 aromatic heterocycles. The molecular formula is C21H34N6O. The van der Waals surface area contributed by atoms with E-state index in [0.29, 0.717) is 12.5 Å². The number of aliphatic hydroxyl groups excluding tert-OH is 1. The smallest absolute Gasteiger partial charge is 0.192 e. The number of rotatable bonds is 10. The maximum atomic E-state index is 9.32. The van der Waals surface area contributed by atoms with Crippen LogP contribution in [0.5, 0.6) is 0 Å². The molecule has 2 atom stereocenters. The van der Waals surface area contributed by atoms with E-state index >= 15 is 0 Å². The summed E-state index contributed by atoms with van der Waals surface area (Å²) in [7, 11) is 1.95. The van der Waals surface area contributed by atoms with Crippen LogP contribution in [-0.2, 0) is 13.6 Å². The van der Waals surface area contributed by atoms with Crippen molar-refractivity contribution in [2.75, 3.05) is 13.2 Å². The number of hydrogen-bond donors (Lipinski definition) is 3. The van der Waals surface area contributed by atoms with E-state index in [1.165, 1.54) is 5.56 Å². The van der Waals surface area contributed by atoms with Gasteiger partial charge in [-0.05, 0) is 38.2 Å². The summed E-state index contributed by atoms with van der Waals surface area (Å²) in [6.07, 6.45) is 2.98. The Morgan fingerprint density at radius 2 is 1.96 bits per heavy atom. The van der Waals surface area contributed by atoms with Gasteiger partial charge in [-0.15, -0.1) is 10.2 Å². The maximum absolute atomic E-state index is 9.32. The number of hydrogen-bond acceptors (Lipinski definition) is 4. The van der Waals surface area contributed by atoms with Crippen molar-refractivity contribution in [1.82, 2.24) is 25.4 Å². The number of guanidine groups is 1. The Balaban J connectivity index is 2.09. The van der Waals surface area contributed by atoms with Crippen molar-refractivity contribution in [3.63, 3.8) is 0 Å². The molecule has 1 heterocycles. The largest absolute Gasteiger partial charge is 0.396 e. The van der Waals surface area contributed by atoms with E-state index in [-0.39, 0.29) is 12.6 Å². The Bertz CT molecular complexity index is 722. The molecule has 2 rings (SSSR count). The molecule has 0 aliphatic heterocycles. The Labute approximate surface area is 168 Å². The van der Waals surface area contributed by atoms with E-state index in [1.54, 1.807) is 0 Å². The highest BCUT2D eigenvalue weighted by Crippen LogP contribution is 2.12. The SMILES string of the molecule is CCCC(CCO)CNC(=NCc1nnc(C)n1C)NC(C)c1ccccc1. The topological polar surface area (TPSA) is 87.4 Å². The third-order valence-corrected chi connectivity index (χ3v) is 5.01. The summed E-state index contributed by atoms with van der Waals surface area (Å²) in [5, 5.41) is 24.6. The lowest BCUT2D eigenvalue weighted by Gasteiger charge is -2.21. The number of aryl methyl sites for hydroxylation is 1. The first-order chi connectivity index (χ1) is 13.5. The summed E-state index contributed by atoms with van der Waals surface area (Å²) in [5.74, 6) is 2.87. The average molecular weight is 387 g/mol. The van der Waals surface area contributed by atoms with Gasteiger partial charge in [0.2, 0.25) is 0 Å². The fourth-order valence-corrected chi connectivity index (χ4v) is 3.10. The van der Waals surface area contributed by atoms with Gasteiger partial charge in [0.05, 0.1) is 6.04 Å². The fraction of sp³-hybridized carbons (Fsp3) is 0.571. The Kier molecular flexibility index (Phi) is 8.94. The molecule has 0 fully saturated rings. The molecule has 0 bridgehead atoms. The summed E-state index contributed by atoms with van der Waals surface area (Å²) in [5.41, 5.74) is 1.20. The van der Waals surface area contributed by atoms with Crippen molar-refractivity contribution in [2.45, 2.75) is 52.6 Å². The van der Waals surface area contributed by atoms with Gasteiger partial charge in [-0.25, -0.2) is 4.99 Å². The van der Waals surface area contributed by atoms with E-state index in [4.69, 9.17) is 4.99 Å². The van der Waals surface area contributed by atoms with Gasteiger partial charge in [-0.1, -0.05) is 43.7 Å². The molecule has 0 saturated heterocycles. The lowest BCUT2D eigenvalue weighted by molar-refractivity contribution is 0.251. The third kappa shape index (κ3) is 6.64. The number of nitrogens with zero attached hydrogens (tertiary/aromatic N) is 4. The highest BCUT2D eigenvalue weighted by molar-refractivity contribution is 5.80. The number of nitrogens with one attached hydrogen (secondary N) is 2. The van der Waals surface area contributed by atoms with Crippen LogP contribution in [0.2, 0.25) is 0 Å². The lowest BCUT2D eigenvalue weighted by Crippen LogP contribution is -2.41. The molecule has 7 nitrogen and oxygen atoms in total. The van der Waals surface area contributed by atoms with Crippen LogP contribution < -0.4 is 10.6 Å². The van der Waals surface area contributed by atoms with Crippen molar-refractivity contribution in [1.29, 1.82) is 0 Å². The normalized spacial score (nSPS) is 14.0. The third-order valence-electron chi connectivity index (χ3n) is 5.01. The van der Waals surface area contributed by atoms with E-state index in [0.717, 1.165) is 43.4 Å². The summed E-state index contributed by atoms with van der Waals surface area (Å²) < 4.78 is 1.95. The number of aromatic nitrogens is 3. The summed E-state index contributed by atoms with van der Waals surface area (Å²) in [6, 6.07) is 10.4. The summed E-state index contributed by atoms with van der Waals surface area (Å²) in [4.78, 5) is 4.73. The van der Waals surface area contributed by atoms with Crippen molar-refractivity contribution in [3.05, 3.63) is 47.5 Å². The molecule has 0 spiro atoms. The fourth-order valence-electron chi connectivity index (χ4n) is 3.10. The van der Waals surface area contributed by atoms with Gasteiger partial charge in [-0.2, -0.15) is 0 Å². The molecule has 0 amide bonds. The minimum atomic E-state index is 0.121. The van der Waals surface area contributed by atoms with Gasteiger partial charge in [0.25, 0.3) is 0 Å². The summed E-state index contributed by atoms with van der Waals surface area (Å²) in [6.45, 7) is 7.66. The molecule has 2 unspecified atom stereocenters. The number of aliphatic imine (C=N–C) groups is 1. The Hall–Kier alpha value is -2.41. The van der Waals surface area contributed by atoms with Crippen LogP contribution in [0.25, 0.3) is 0 Å². The molecule has 154 valence electrons. The van der Waals surface area contributed by atoms with Crippen molar-refractivity contribution in [3.8, 4) is 0 Å². The van der Waals surface area contributed by atoms with Crippen LogP contribution in [0.4, 0.5) is 0 Å². The first kappa shape index (κ1) is 21.9. The van der Waals surface area contributed by atoms with Crippen LogP contribution >= 0.6 is 0 Å². The Morgan fingerprint density at radius 1 is 1.21 bits per heavy atom. The van der Waals surface area contributed by atoms with Gasteiger partial charge in [0.1, 0.15) is 12.4 Å². The highest BCUT2D eigenvalue weighted by Gasteiger charge is 2.12. The maximum Gasteiger partial charge on any atom is 0.192 e. The van der Waals surface area contributed by atoms with Crippen molar-refractivity contribution >= 4 is 5.96 Å². The van der Waals surface area contributed by atoms with Crippen molar-refractivity contribution in [2.24, 2.45) is 18.0 Å². The first-order valence-electron chi connectivity index (χ1n) is 10.1. The molecule has 28 heavy (non-hydrogen) atoms. The van der Waals surface area contributed by atoms with Gasteiger partial charge < -0.3 is 20.3 Å². The molecule has 3 N–H and O–H groups in total.